The SMILES string of the molecule is CC(C)(C)NC(=O)c1ccc(NC(=O)c2csc(CN)n2)cc1.Cl. The highest BCUT2D eigenvalue weighted by Gasteiger charge is 2.15. The second-order valence-corrected chi connectivity index (χ2v) is 7.01. The van der Waals surface area contributed by atoms with Crippen molar-refractivity contribution in [2.75, 3.05) is 5.32 Å². The van der Waals surface area contributed by atoms with Gasteiger partial charge in [-0.15, -0.1) is 23.7 Å². The van der Waals surface area contributed by atoms with Crippen molar-refractivity contribution in [3.8, 4) is 0 Å². The van der Waals surface area contributed by atoms with E-state index in [1.54, 1.807) is 29.6 Å². The molecule has 2 rings (SSSR count). The normalized spacial score (nSPS) is 10.7. The zero-order valence-electron chi connectivity index (χ0n) is 13.8. The summed E-state index contributed by atoms with van der Waals surface area (Å²) < 4.78 is 0. The molecule has 1 heterocycles. The average molecular weight is 369 g/mol. The number of halogens is 1. The molecular weight excluding hydrogens is 348 g/mol. The number of thiazole rings is 1. The third kappa shape index (κ3) is 5.59. The topological polar surface area (TPSA) is 97.1 Å². The van der Waals surface area contributed by atoms with Crippen LogP contribution in [0.25, 0.3) is 0 Å². The second kappa shape index (κ2) is 8.23. The maximum Gasteiger partial charge on any atom is 0.275 e. The Morgan fingerprint density at radius 2 is 1.79 bits per heavy atom. The minimum absolute atomic E-state index is 0. The van der Waals surface area contributed by atoms with Crippen LogP contribution in [0.3, 0.4) is 0 Å². The van der Waals surface area contributed by atoms with E-state index in [1.165, 1.54) is 11.3 Å². The van der Waals surface area contributed by atoms with E-state index in [0.717, 1.165) is 0 Å². The quantitative estimate of drug-likeness (QED) is 0.772. The van der Waals surface area contributed by atoms with Crippen LogP contribution in [0.4, 0.5) is 5.69 Å². The van der Waals surface area contributed by atoms with Crippen LogP contribution in [0, 0.1) is 0 Å². The number of nitrogens with one attached hydrogen (secondary N) is 2. The van der Waals surface area contributed by atoms with Crippen LogP contribution >= 0.6 is 23.7 Å². The lowest BCUT2D eigenvalue weighted by Gasteiger charge is -2.20. The highest BCUT2D eigenvalue weighted by molar-refractivity contribution is 7.09. The molecule has 1 aromatic carbocycles. The van der Waals surface area contributed by atoms with E-state index in [1.807, 2.05) is 20.8 Å². The standard InChI is InChI=1S/C16H20N4O2S.ClH/c1-16(2,3)20-14(21)10-4-6-11(7-5-10)18-15(22)12-9-23-13(8-17)19-12;/h4-7,9H,8,17H2,1-3H3,(H,18,22)(H,20,21);1H. The monoisotopic (exact) mass is 368 g/mol. The molecule has 0 atom stereocenters. The number of rotatable bonds is 4. The molecule has 0 fully saturated rings. The van der Waals surface area contributed by atoms with E-state index in [9.17, 15) is 9.59 Å². The molecule has 4 N–H and O–H groups in total. The molecule has 8 heteroatoms. The van der Waals surface area contributed by atoms with Gasteiger partial charge in [-0.3, -0.25) is 9.59 Å². The summed E-state index contributed by atoms with van der Waals surface area (Å²) in [7, 11) is 0. The molecule has 24 heavy (non-hydrogen) atoms. The molecule has 0 radical (unpaired) electrons. The maximum absolute atomic E-state index is 12.1. The zero-order valence-corrected chi connectivity index (χ0v) is 15.4. The van der Waals surface area contributed by atoms with Crippen molar-refractivity contribution in [3.05, 3.63) is 45.9 Å². The lowest BCUT2D eigenvalue weighted by molar-refractivity contribution is 0.0919. The molecule has 0 bridgehead atoms. The van der Waals surface area contributed by atoms with Crippen molar-refractivity contribution in [2.45, 2.75) is 32.9 Å². The summed E-state index contributed by atoms with van der Waals surface area (Å²) in [6, 6.07) is 6.71. The van der Waals surface area contributed by atoms with Crippen LogP contribution < -0.4 is 16.4 Å². The predicted octanol–water partition coefficient (Wildman–Crippen LogP) is 2.80. The highest BCUT2D eigenvalue weighted by atomic mass is 35.5. The van der Waals surface area contributed by atoms with E-state index in [2.05, 4.69) is 15.6 Å². The molecule has 0 aliphatic carbocycles. The summed E-state index contributed by atoms with van der Waals surface area (Å²) in [4.78, 5) is 28.2. The van der Waals surface area contributed by atoms with E-state index in [0.29, 0.717) is 28.5 Å². The Morgan fingerprint density at radius 1 is 1.17 bits per heavy atom. The molecule has 0 spiro atoms. The number of carbonyl (C=O) groups excluding carboxylic acids is 2. The van der Waals surface area contributed by atoms with Crippen LogP contribution in [0.15, 0.2) is 29.6 Å². The molecule has 0 aliphatic heterocycles. The minimum Gasteiger partial charge on any atom is -0.347 e. The molecule has 1 aromatic heterocycles. The van der Waals surface area contributed by atoms with Crippen LogP contribution in [-0.2, 0) is 6.54 Å². The fourth-order valence-corrected chi connectivity index (χ4v) is 2.48. The first-order valence-electron chi connectivity index (χ1n) is 7.17. The summed E-state index contributed by atoms with van der Waals surface area (Å²) in [5.74, 6) is -0.449. The van der Waals surface area contributed by atoms with Crippen molar-refractivity contribution in [1.82, 2.24) is 10.3 Å². The number of hydrogen-bond donors (Lipinski definition) is 3. The number of benzene rings is 1. The molecule has 2 amide bonds. The Labute approximate surface area is 151 Å². The summed E-state index contributed by atoms with van der Waals surface area (Å²) in [6.07, 6.45) is 0. The molecule has 0 unspecified atom stereocenters. The molecule has 2 aromatic rings. The third-order valence-electron chi connectivity index (χ3n) is 2.85. The van der Waals surface area contributed by atoms with Gasteiger partial charge in [-0.1, -0.05) is 0 Å². The van der Waals surface area contributed by atoms with Gasteiger partial charge in [0.2, 0.25) is 0 Å². The van der Waals surface area contributed by atoms with Crippen molar-refractivity contribution >= 4 is 41.2 Å². The molecule has 0 aliphatic rings. The second-order valence-electron chi connectivity index (χ2n) is 6.07. The number of anilines is 1. The van der Waals surface area contributed by atoms with Gasteiger partial charge in [-0.2, -0.15) is 0 Å². The van der Waals surface area contributed by atoms with Gasteiger partial charge in [-0.25, -0.2) is 4.98 Å². The predicted molar refractivity (Wildman–Crippen MR) is 98.9 cm³/mol. The van der Waals surface area contributed by atoms with Gasteiger partial charge in [0, 0.05) is 28.7 Å². The van der Waals surface area contributed by atoms with Gasteiger partial charge in [0.15, 0.2) is 0 Å². The maximum atomic E-state index is 12.1. The minimum atomic E-state index is -0.298. The number of carbonyl (C=O) groups is 2. The average Bonchev–Trinajstić information content (AvgIpc) is 2.95. The Bertz CT molecular complexity index is 708. The fourth-order valence-electron chi connectivity index (χ4n) is 1.82. The molecule has 130 valence electrons. The number of nitrogens with zero attached hydrogens (tertiary/aromatic N) is 1. The Morgan fingerprint density at radius 3 is 2.29 bits per heavy atom. The summed E-state index contributed by atoms with van der Waals surface area (Å²) >= 11 is 1.35. The lowest BCUT2D eigenvalue weighted by atomic mass is 10.1. The number of aromatic nitrogens is 1. The molecular formula is C16H21ClN4O2S. The van der Waals surface area contributed by atoms with Crippen molar-refractivity contribution in [3.63, 3.8) is 0 Å². The molecule has 0 saturated carbocycles. The fraction of sp³-hybridized carbons (Fsp3) is 0.312. The van der Waals surface area contributed by atoms with E-state index < -0.39 is 0 Å². The highest BCUT2D eigenvalue weighted by Crippen LogP contribution is 2.14. The third-order valence-corrected chi connectivity index (χ3v) is 3.72. The van der Waals surface area contributed by atoms with E-state index in [4.69, 9.17) is 5.73 Å². The van der Waals surface area contributed by atoms with E-state index in [-0.39, 0.29) is 29.8 Å². The van der Waals surface area contributed by atoms with Gasteiger partial charge in [0.25, 0.3) is 11.8 Å². The van der Waals surface area contributed by atoms with Crippen molar-refractivity contribution < 1.29 is 9.59 Å². The first-order chi connectivity index (χ1) is 10.8. The van der Waals surface area contributed by atoms with Gasteiger partial charge >= 0.3 is 0 Å². The number of nitrogens with two attached hydrogens (primary N) is 1. The first-order valence-corrected chi connectivity index (χ1v) is 8.05. The zero-order chi connectivity index (χ0) is 17.0. The Balaban J connectivity index is 0.00000288. The molecule has 0 saturated heterocycles. The summed E-state index contributed by atoms with van der Waals surface area (Å²) in [5, 5.41) is 8.01. The summed E-state index contributed by atoms with van der Waals surface area (Å²) in [5.41, 5.74) is 6.66. The van der Waals surface area contributed by atoms with Gasteiger partial charge in [0.05, 0.1) is 0 Å². The number of amides is 2. The van der Waals surface area contributed by atoms with E-state index >= 15 is 0 Å². The Kier molecular flexibility index (Phi) is 6.89. The molecule has 6 nitrogen and oxygen atoms in total. The number of hydrogen-bond acceptors (Lipinski definition) is 5. The van der Waals surface area contributed by atoms with Crippen molar-refractivity contribution in [2.24, 2.45) is 5.73 Å². The Hall–Kier alpha value is -1.96. The van der Waals surface area contributed by atoms with Gasteiger partial charge < -0.3 is 16.4 Å². The van der Waals surface area contributed by atoms with Gasteiger partial charge in [-0.05, 0) is 45.0 Å². The van der Waals surface area contributed by atoms with Crippen molar-refractivity contribution in [1.29, 1.82) is 0 Å². The van der Waals surface area contributed by atoms with Gasteiger partial charge in [0.1, 0.15) is 10.7 Å². The first kappa shape index (κ1) is 20.1. The van der Waals surface area contributed by atoms with Crippen LogP contribution in [0.2, 0.25) is 0 Å². The lowest BCUT2D eigenvalue weighted by Crippen LogP contribution is -2.40. The van der Waals surface area contributed by atoms with Crippen LogP contribution in [0.5, 0.6) is 0 Å². The smallest absolute Gasteiger partial charge is 0.275 e. The van der Waals surface area contributed by atoms with Crippen LogP contribution in [-0.4, -0.2) is 22.3 Å². The summed E-state index contributed by atoms with van der Waals surface area (Å²) in [6.45, 7) is 6.07. The largest absolute Gasteiger partial charge is 0.347 e. The van der Waals surface area contributed by atoms with Crippen LogP contribution in [0.1, 0.15) is 46.6 Å².